The van der Waals surface area contributed by atoms with Crippen LogP contribution in [0.2, 0.25) is 0 Å². The Hall–Kier alpha value is -1.06. The SMILES string of the molecule is CCOCC(Cl)(C(N)=O)c1ccccc1CC. The highest BCUT2D eigenvalue weighted by molar-refractivity contribution is 6.34. The molecule has 0 fully saturated rings. The van der Waals surface area contributed by atoms with E-state index in [1.54, 1.807) is 0 Å². The maximum atomic E-state index is 11.6. The normalized spacial score (nSPS) is 14.3. The average Bonchev–Trinajstić information content (AvgIpc) is 2.35. The predicted octanol–water partition coefficient (Wildman–Crippen LogP) is 2.20. The Kier molecular flexibility index (Phi) is 4.97. The van der Waals surface area contributed by atoms with Crippen molar-refractivity contribution in [2.45, 2.75) is 25.1 Å². The van der Waals surface area contributed by atoms with Gasteiger partial charge in [0.1, 0.15) is 0 Å². The molecule has 1 unspecified atom stereocenters. The molecule has 1 aromatic carbocycles. The first-order chi connectivity index (χ1) is 8.06. The van der Waals surface area contributed by atoms with Crippen LogP contribution in [-0.2, 0) is 20.8 Å². The molecular formula is C13H18ClNO2. The van der Waals surface area contributed by atoms with E-state index in [0.717, 1.165) is 17.5 Å². The van der Waals surface area contributed by atoms with Gasteiger partial charge < -0.3 is 10.5 Å². The van der Waals surface area contributed by atoms with Crippen LogP contribution in [0.1, 0.15) is 25.0 Å². The molecule has 1 aromatic rings. The lowest BCUT2D eigenvalue weighted by Crippen LogP contribution is -2.41. The van der Waals surface area contributed by atoms with Gasteiger partial charge in [-0.2, -0.15) is 0 Å². The Balaban J connectivity index is 3.17. The van der Waals surface area contributed by atoms with E-state index in [1.165, 1.54) is 0 Å². The van der Waals surface area contributed by atoms with E-state index in [1.807, 2.05) is 38.1 Å². The quantitative estimate of drug-likeness (QED) is 0.793. The first-order valence-electron chi connectivity index (χ1n) is 5.71. The monoisotopic (exact) mass is 255 g/mol. The highest BCUT2D eigenvalue weighted by Crippen LogP contribution is 2.32. The topological polar surface area (TPSA) is 52.3 Å². The van der Waals surface area contributed by atoms with E-state index in [2.05, 4.69) is 0 Å². The minimum atomic E-state index is -1.28. The van der Waals surface area contributed by atoms with Crippen molar-refractivity contribution in [1.29, 1.82) is 0 Å². The molecule has 0 saturated heterocycles. The molecule has 0 saturated carbocycles. The van der Waals surface area contributed by atoms with Gasteiger partial charge in [-0.3, -0.25) is 4.79 Å². The summed E-state index contributed by atoms with van der Waals surface area (Å²) in [4.78, 5) is 10.3. The summed E-state index contributed by atoms with van der Waals surface area (Å²) < 4.78 is 5.28. The number of carbonyl (C=O) groups excluding carboxylic acids is 1. The molecule has 1 rings (SSSR count). The fraction of sp³-hybridized carbons (Fsp3) is 0.462. The third-order valence-electron chi connectivity index (χ3n) is 2.72. The fourth-order valence-electron chi connectivity index (χ4n) is 1.74. The number of ether oxygens (including phenoxy) is 1. The number of amides is 1. The summed E-state index contributed by atoms with van der Waals surface area (Å²) in [6.45, 7) is 4.45. The third-order valence-corrected chi connectivity index (χ3v) is 3.22. The molecule has 3 nitrogen and oxygen atoms in total. The zero-order valence-corrected chi connectivity index (χ0v) is 11.0. The Bertz CT molecular complexity index is 395. The Morgan fingerprint density at radius 3 is 2.59 bits per heavy atom. The molecule has 0 aromatic heterocycles. The molecule has 0 bridgehead atoms. The number of nitrogens with two attached hydrogens (primary N) is 1. The average molecular weight is 256 g/mol. The number of alkyl halides is 1. The molecule has 0 heterocycles. The lowest BCUT2D eigenvalue weighted by atomic mass is 9.92. The summed E-state index contributed by atoms with van der Waals surface area (Å²) in [7, 11) is 0. The fourth-order valence-corrected chi connectivity index (χ4v) is 2.00. The lowest BCUT2D eigenvalue weighted by molar-refractivity contribution is -0.122. The van der Waals surface area contributed by atoms with Crippen LogP contribution in [0.3, 0.4) is 0 Å². The number of hydrogen-bond acceptors (Lipinski definition) is 2. The van der Waals surface area contributed by atoms with Gasteiger partial charge in [0.05, 0.1) is 6.61 Å². The summed E-state index contributed by atoms with van der Waals surface area (Å²) in [6, 6.07) is 7.54. The highest BCUT2D eigenvalue weighted by Gasteiger charge is 2.38. The van der Waals surface area contributed by atoms with Gasteiger partial charge in [-0.05, 0) is 24.5 Å². The molecule has 0 aliphatic carbocycles. The second-order valence-corrected chi connectivity index (χ2v) is 4.46. The number of benzene rings is 1. The largest absolute Gasteiger partial charge is 0.379 e. The van der Waals surface area contributed by atoms with Gasteiger partial charge in [0.15, 0.2) is 4.87 Å². The van der Waals surface area contributed by atoms with Crippen molar-refractivity contribution in [3.05, 3.63) is 35.4 Å². The Labute approximate surface area is 107 Å². The first kappa shape index (κ1) is 14.0. The zero-order chi connectivity index (χ0) is 12.9. The number of rotatable bonds is 6. The van der Waals surface area contributed by atoms with Crippen molar-refractivity contribution in [3.8, 4) is 0 Å². The molecule has 0 aliphatic heterocycles. The van der Waals surface area contributed by atoms with Gasteiger partial charge in [-0.1, -0.05) is 31.2 Å². The van der Waals surface area contributed by atoms with Gasteiger partial charge in [0, 0.05) is 6.61 Å². The zero-order valence-electron chi connectivity index (χ0n) is 10.2. The summed E-state index contributed by atoms with van der Waals surface area (Å²) in [5.74, 6) is -0.575. The minimum Gasteiger partial charge on any atom is -0.379 e. The number of carbonyl (C=O) groups is 1. The first-order valence-corrected chi connectivity index (χ1v) is 6.09. The van der Waals surface area contributed by atoms with E-state index in [4.69, 9.17) is 22.1 Å². The van der Waals surface area contributed by atoms with Gasteiger partial charge in [-0.25, -0.2) is 0 Å². The van der Waals surface area contributed by atoms with Crippen molar-refractivity contribution in [2.75, 3.05) is 13.2 Å². The number of halogens is 1. The highest BCUT2D eigenvalue weighted by atomic mass is 35.5. The van der Waals surface area contributed by atoms with E-state index in [9.17, 15) is 4.79 Å². The van der Waals surface area contributed by atoms with Gasteiger partial charge in [0.2, 0.25) is 5.91 Å². The standard InChI is InChI=1S/C13H18ClNO2/c1-3-10-7-5-6-8-11(10)13(14,12(15)16)9-17-4-2/h5-8H,3-4,9H2,1-2H3,(H2,15,16). The lowest BCUT2D eigenvalue weighted by Gasteiger charge is -2.26. The van der Waals surface area contributed by atoms with Crippen molar-refractivity contribution in [1.82, 2.24) is 0 Å². The molecule has 0 spiro atoms. The summed E-state index contributed by atoms with van der Waals surface area (Å²) in [5.41, 5.74) is 7.17. The number of hydrogen-bond donors (Lipinski definition) is 1. The molecule has 2 N–H and O–H groups in total. The molecule has 17 heavy (non-hydrogen) atoms. The maximum Gasteiger partial charge on any atom is 0.245 e. The molecular weight excluding hydrogens is 238 g/mol. The van der Waals surface area contributed by atoms with E-state index < -0.39 is 10.8 Å². The smallest absolute Gasteiger partial charge is 0.245 e. The number of aryl methyl sites for hydroxylation is 1. The third kappa shape index (κ3) is 2.99. The molecule has 0 aliphatic rings. The molecule has 4 heteroatoms. The van der Waals surface area contributed by atoms with Crippen LogP contribution < -0.4 is 5.73 Å². The molecule has 94 valence electrons. The van der Waals surface area contributed by atoms with Crippen molar-refractivity contribution >= 4 is 17.5 Å². The Morgan fingerprint density at radius 1 is 1.41 bits per heavy atom. The van der Waals surface area contributed by atoms with Crippen LogP contribution in [0, 0.1) is 0 Å². The van der Waals surface area contributed by atoms with Crippen LogP contribution >= 0.6 is 11.6 Å². The Morgan fingerprint density at radius 2 is 2.06 bits per heavy atom. The second kappa shape index (κ2) is 6.03. The van der Waals surface area contributed by atoms with Crippen LogP contribution in [0.4, 0.5) is 0 Å². The summed E-state index contributed by atoms with van der Waals surface area (Å²) >= 11 is 6.36. The van der Waals surface area contributed by atoms with Crippen LogP contribution in [-0.4, -0.2) is 19.1 Å². The van der Waals surface area contributed by atoms with Gasteiger partial charge in [-0.15, -0.1) is 11.6 Å². The van der Waals surface area contributed by atoms with Crippen LogP contribution in [0.5, 0.6) is 0 Å². The van der Waals surface area contributed by atoms with E-state index in [0.29, 0.717) is 6.61 Å². The molecule has 1 amide bonds. The van der Waals surface area contributed by atoms with E-state index in [-0.39, 0.29) is 6.61 Å². The second-order valence-electron chi connectivity index (χ2n) is 3.81. The van der Waals surface area contributed by atoms with Gasteiger partial charge in [0.25, 0.3) is 0 Å². The molecule has 1 atom stereocenters. The van der Waals surface area contributed by atoms with Crippen LogP contribution in [0.15, 0.2) is 24.3 Å². The number of primary amides is 1. The molecule has 0 radical (unpaired) electrons. The van der Waals surface area contributed by atoms with Crippen LogP contribution in [0.25, 0.3) is 0 Å². The van der Waals surface area contributed by atoms with Crippen molar-refractivity contribution in [3.63, 3.8) is 0 Å². The van der Waals surface area contributed by atoms with E-state index >= 15 is 0 Å². The van der Waals surface area contributed by atoms with Crippen molar-refractivity contribution < 1.29 is 9.53 Å². The van der Waals surface area contributed by atoms with Crippen molar-refractivity contribution in [2.24, 2.45) is 5.73 Å². The summed E-state index contributed by atoms with van der Waals surface area (Å²) in [5, 5.41) is 0. The predicted molar refractivity (Wildman–Crippen MR) is 69.0 cm³/mol. The van der Waals surface area contributed by atoms with Gasteiger partial charge >= 0.3 is 0 Å². The maximum absolute atomic E-state index is 11.6. The minimum absolute atomic E-state index is 0.0946. The summed E-state index contributed by atoms with van der Waals surface area (Å²) in [6.07, 6.45) is 0.796.